The van der Waals surface area contributed by atoms with Gasteiger partial charge in [-0.05, 0) is 43.4 Å². The van der Waals surface area contributed by atoms with Crippen molar-refractivity contribution in [3.8, 4) is 0 Å². The van der Waals surface area contributed by atoms with Gasteiger partial charge in [0, 0.05) is 45.2 Å². The number of anilines is 2. The molecule has 3 aromatic rings. The van der Waals surface area contributed by atoms with Crippen molar-refractivity contribution >= 4 is 27.0 Å². The molecular formula is C28H35F3N6O3S. The summed E-state index contributed by atoms with van der Waals surface area (Å²) < 4.78 is 73.7. The molecule has 3 aliphatic rings. The number of morpholine rings is 1. The number of nitrogens with two attached hydrogens (primary N) is 1. The second-order valence-electron chi connectivity index (χ2n) is 11.5. The summed E-state index contributed by atoms with van der Waals surface area (Å²) in [6.45, 7) is 5.29. The lowest BCUT2D eigenvalue weighted by atomic mass is 9.98. The van der Waals surface area contributed by atoms with Crippen LogP contribution in [0, 0.1) is 6.92 Å². The van der Waals surface area contributed by atoms with Gasteiger partial charge in [0.2, 0.25) is 0 Å². The minimum absolute atomic E-state index is 0.159. The zero-order chi connectivity index (χ0) is 29.0. The molecule has 13 heteroatoms. The number of ether oxygens (including phenoxy) is 1. The van der Waals surface area contributed by atoms with Gasteiger partial charge in [-0.15, -0.1) is 5.10 Å². The van der Waals surface area contributed by atoms with Crippen LogP contribution in [0.3, 0.4) is 0 Å². The van der Waals surface area contributed by atoms with Crippen molar-refractivity contribution in [2.24, 2.45) is 0 Å². The number of hydrogen-bond acceptors (Lipinski definition) is 8. The first-order valence-corrected chi connectivity index (χ1v) is 15.7. The fourth-order valence-electron chi connectivity index (χ4n) is 6.58. The summed E-state index contributed by atoms with van der Waals surface area (Å²) in [6, 6.07) is 5.99. The zero-order valence-corrected chi connectivity index (χ0v) is 23.9. The third kappa shape index (κ3) is 5.16. The molecule has 0 radical (unpaired) electrons. The topological polar surface area (TPSA) is 106 Å². The van der Waals surface area contributed by atoms with Crippen molar-refractivity contribution in [2.75, 3.05) is 55.8 Å². The summed E-state index contributed by atoms with van der Waals surface area (Å²) in [6.07, 6.45) is -1.47. The van der Waals surface area contributed by atoms with Crippen LogP contribution in [0.5, 0.6) is 0 Å². The van der Waals surface area contributed by atoms with Crippen LogP contribution in [0.2, 0.25) is 0 Å². The first kappa shape index (κ1) is 28.2. The average Bonchev–Trinajstić information content (AvgIpc) is 3.49. The lowest BCUT2D eigenvalue weighted by Gasteiger charge is -2.33. The highest BCUT2D eigenvalue weighted by Gasteiger charge is 2.49. The molecule has 0 aliphatic carbocycles. The van der Waals surface area contributed by atoms with Gasteiger partial charge in [0.05, 0.1) is 46.4 Å². The number of halogens is 3. The molecule has 2 aromatic heterocycles. The van der Waals surface area contributed by atoms with Gasteiger partial charge in [-0.3, -0.25) is 4.90 Å². The van der Waals surface area contributed by atoms with Crippen LogP contribution in [0.15, 0.2) is 24.3 Å². The molecule has 3 fully saturated rings. The van der Waals surface area contributed by atoms with Crippen molar-refractivity contribution in [3.63, 3.8) is 0 Å². The number of hydrogen-bond donors (Lipinski definition) is 1. The van der Waals surface area contributed by atoms with Gasteiger partial charge in [0.25, 0.3) is 0 Å². The molecule has 6 rings (SSSR count). The van der Waals surface area contributed by atoms with E-state index in [1.54, 1.807) is 16.6 Å². The molecule has 0 saturated carbocycles. The Hall–Kier alpha value is -2.90. The second-order valence-corrected chi connectivity index (χ2v) is 14.0. The van der Waals surface area contributed by atoms with Gasteiger partial charge in [-0.2, -0.15) is 13.2 Å². The maximum absolute atomic E-state index is 13.7. The number of imidazole rings is 1. The fraction of sp³-hybridized carbons (Fsp3) is 0.571. The van der Waals surface area contributed by atoms with Gasteiger partial charge in [-0.1, -0.05) is 18.6 Å². The molecule has 5 heterocycles. The van der Waals surface area contributed by atoms with Crippen molar-refractivity contribution in [3.05, 3.63) is 52.3 Å². The van der Waals surface area contributed by atoms with Crippen LogP contribution in [0.1, 0.15) is 53.8 Å². The molecule has 0 bridgehead atoms. The van der Waals surface area contributed by atoms with E-state index in [4.69, 9.17) is 20.6 Å². The molecule has 0 amide bonds. The summed E-state index contributed by atoms with van der Waals surface area (Å²) in [4.78, 5) is 9.02. The van der Waals surface area contributed by atoms with Crippen LogP contribution in [0.25, 0.3) is 5.65 Å². The minimum Gasteiger partial charge on any atom is -0.396 e. The third-order valence-electron chi connectivity index (χ3n) is 8.94. The SMILES string of the molecule is Cc1c(Cc2c(CN3CCC4(CCCCS4(=O)=O)C3)nc3c(N)cc(N4CCOCC4)nn23)cccc1C(F)(F)F. The molecule has 9 nitrogen and oxygen atoms in total. The van der Waals surface area contributed by atoms with E-state index in [2.05, 4.69) is 9.80 Å². The van der Waals surface area contributed by atoms with Gasteiger partial charge in [-0.25, -0.2) is 17.9 Å². The molecule has 1 atom stereocenters. The number of alkyl halides is 3. The quantitative estimate of drug-likeness (QED) is 0.479. The van der Waals surface area contributed by atoms with Crippen LogP contribution in [-0.4, -0.2) is 77.8 Å². The lowest BCUT2D eigenvalue weighted by molar-refractivity contribution is -0.138. The van der Waals surface area contributed by atoms with E-state index in [1.807, 2.05) is 0 Å². The molecule has 222 valence electrons. The molecule has 3 saturated heterocycles. The van der Waals surface area contributed by atoms with Crippen molar-refractivity contribution in [1.82, 2.24) is 19.5 Å². The average molecular weight is 593 g/mol. The summed E-state index contributed by atoms with van der Waals surface area (Å²) in [5.74, 6) is 0.873. The monoisotopic (exact) mass is 592 g/mol. The Kier molecular flexibility index (Phi) is 7.18. The summed E-state index contributed by atoms with van der Waals surface area (Å²) in [7, 11) is -3.20. The van der Waals surface area contributed by atoms with E-state index in [9.17, 15) is 21.6 Å². The third-order valence-corrected chi connectivity index (χ3v) is 11.6. The Balaban J connectivity index is 1.41. The molecule has 2 N–H and O–H groups in total. The lowest BCUT2D eigenvalue weighted by Crippen LogP contribution is -2.45. The fourth-order valence-corrected chi connectivity index (χ4v) is 8.83. The van der Waals surface area contributed by atoms with Gasteiger partial charge in [0.1, 0.15) is 0 Å². The molecule has 3 aliphatic heterocycles. The predicted molar refractivity (Wildman–Crippen MR) is 150 cm³/mol. The maximum Gasteiger partial charge on any atom is 0.416 e. The number of nitrogens with zero attached hydrogens (tertiary/aromatic N) is 5. The highest BCUT2D eigenvalue weighted by Crippen LogP contribution is 2.40. The Morgan fingerprint density at radius 3 is 2.63 bits per heavy atom. The van der Waals surface area contributed by atoms with Gasteiger partial charge in [0.15, 0.2) is 21.3 Å². The second kappa shape index (κ2) is 10.4. The van der Waals surface area contributed by atoms with E-state index in [0.717, 1.165) is 12.5 Å². The summed E-state index contributed by atoms with van der Waals surface area (Å²) in [5, 5.41) is 4.87. The normalized spacial score (nSPS) is 23.6. The minimum atomic E-state index is -4.47. The largest absolute Gasteiger partial charge is 0.416 e. The number of rotatable bonds is 5. The van der Waals surface area contributed by atoms with Gasteiger partial charge >= 0.3 is 6.18 Å². The Morgan fingerprint density at radius 1 is 1.12 bits per heavy atom. The Bertz CT molecular complexity index is 1570. The molecule has 1 aromatic carbocycles. The number of likely N-dealkylation sites (tertiary alicyclic amines) is 1. The predicted octanol–water partition coefficient (Wildman–Crippen LogP) is 3.61. The first-order chi connectivity index (χ1) is 19.5. The Morgan fingerprint density at radius 2 is 1.90 bits per heavy atom. The maximum atomic E-state index is 13.7. The number of benzene rings is 1. The van der Waals surface area contributed by atoms with Crippen LogP contribution >= 0.6 is 0 Å². The first-order valence-electron chi connectivity index (χ1n) is 14.1. The van der Waals surface area contributed by atoms with Crippen LogP contribution < -0.4 is 10.6 Å². The smallest absolute Gasteiger partial charge is 0.396 e. The van der Waals surface area contributed by atoms with Crippen molar-refractivity contribution < 1.29 is 26.3 Å². The standard InChI is InChI=1S/C28H35F3N6O3S/c1-19-20(5-4-6-21(19)28(29,30)31)15-24-23(17-35-9-8-27(18-35)7-2-3-14-41(27,38)39)33-26-22(32)16-25(34-37(24)26)36-10-12-40-13-11-36/h4-6,16H,2-3,7-15,17-18,32H2,1H3. The van der Waals surface area contributed by atoms with Crippen molar-refractivity contribution in [1.29, 1.82) is 0 Å². The van der Waals surface area contributed by atoms with Crippen LogP contribution in [0.4, 0.5) is 24.7 Å². The van der Waals surface area contributed by atoms with E-state index >= 15 is 0 Å². The molecule has 1 spiro atoms. The highest BCUT2D eigenvalue weighted by atomic mass is 32.2. The highest BCUT2D eigenvalue weighted by molar-refractivity contribution is 7.92. The zero-order valence-electron chi connectivity index (χ0n) is 23.1. The molecule has 41 heavy (non-hydrogen) atoms. The molecule has 1 unspecified atom stereocenters. The van der Waals surface area contributed by atoms with E-state index in [0.29, 0.717) is 99.3 Å². The number of aromatic nitrogens is 3. The van der Waals surface area contributed by atoms with E-state index in [-0.39, 0.29) is 17.7 Å². The number of sulfone groups is 1. The number of nitrogen functional groups attached to an aromatic ring is 1. The van der Waals surface area contributed by atoms with Crippen LogP contribution in [-0.2, 0) is 33.7 Å². The van der Waals surface area contributed by atoms with Gasteiger partial charge < -0.3 is 15.4 Å². The Labute approximate surface area is 237 Å². The summed E-state index contributed by atoms with van der Waals surface area (Å²) in [5.41, 5.74) is 8.65. The molecular weight excluding hydrogens is 557 g/mol. The van der Waals surface area contributed by atoms with E-state index < -0.39 is 26.3 Å². The summed E-state index contributed by atoms with van der Waals surface area (Å²) >= 11 is 0. The van der Waals surface area contributed by atoms with E-state index in [1.165, 1.54) is 13.0 Å². The van der Waals surface area contributed by atoms with Crippen molar-refractivity contribution in [2.45, 2.75) is 56.5 Å². The number of fused-ring (bicyclic) bond motifs is 1.